The summed E-state index contributed by atoms with van der Waals surface area (Å²) in [6.45, 7) is 2.24. The summed E-state index contributed by atoms with van der Waals surface area (Å²) in [6, 6.07) is 14.8. The number of aryl methyl sites for hydroxylation is 1. The maximum Gasteiger partial charge on any atom is 0.309 e. The Hall–Kier alpha value is -3.12. The van der Waals surface area contributed by atoms with Crippen molar-refractivity contribution in [3.63, 3.8) is 0 Å². The van der Waals surface area contributed by atoms with Gasteiger partial charge in [0.1, 0.15) is 5.58 Å². The first kappa shape index (κ1) is 16.4. The molecule has 0 spiro atoms. The van der Waals surface area contributed by atoms with Gasteiger partial charge < -0.3 is 14.2 Å². The monoisotopic (exact) mass is 367 g/mol. The summed E-state index contributed by atoms with van der Waals surface area (Å²) in [5, 5.41) is 12.1. The van der Waals surface area contributed by atoms with Crippen molar-refractivity contribution in [3.05, 3.63) is 70.6 Å². The number of halogens is 1. The zero-order valence-corrected chi connectivity index (χ0v) is 14.6. The van der Waals surface area contributed by atoms with Crippen molar-refractivity contribution in [2.75, 3.05) is 0 Å². The largest absolute Gasteiger partial charge is 0.451 e. The molecule has 7 heteroatoms. The second-order valence-electron chi connectivity index (χ2n) is 5.77. The second kappa shape index (κ2) is 6.65. The Kier molecular flexibility index (Phi) is 4.18. The number of carbonyl (C=O) groups is 1. The molecule has 0 bridgehead atoms. The third-order valence-corrected chi connectivity index (χ3v) is 4.28. The average molecular weight is 368 g/mol. The second-order valence-corrected chi connectivity index (χ2v) is 6.21. The number of benzene rings is 2. The van der Waals surface area contributed by atoms with Gasteiger partial charge in [-0.3, -0.25) is 4.79 Å². The van der Waals surface area contributed by atoms with Crippen LogP contribution in [0.5, 0.6) is 0 Å². The Morgan fingerprint density at radius 3 is 2.62 bits per heavy atom. The van der Waals surface area contributed by atoms with E-state index in [-0.39, 0.29) is 11.8 Å². The van der Waals surface area contributed by atoms with Gasteiger partial charge in [-0.05, 0) is 30.7 Å². The van der Waals surface area contributed by atoms with Crippen LogP contribution in [0.25, 0.3) is 22.6 Å². The molecule has 2 aromatic carbocycles. The van der Waals surface area contributed by atoms with E-state index in [4.69, 9.17) is 20.4 Å². The van der Waals surface area contributed by atoms with Crippen LogP contribution in [-0.2, 0) is 6.54 Å². The van der Waals surface area contributed by atoms with Crippen LogP contribution < -0.4 is 5.32 Å². The van der Waals surface area contributed by atoms with Crippen molar-refractivity contribution in [1.82, 2.24) is 15.5 Å². The van der Waals surface area contributed by atoms with Crippen molar-refractivity contribution >= 4 is 28.5 Å². The molecule has 0 saturated heterocycles. The zero-order valence-electron chi connectivity index (χ0n) is 13.8. The molecule has 0 atom stereocenters. The van der Waals surface area contributed by atoms with Gasteiger partial charge >= 0.3 is 11.8 Å². The summed E-state index contributed by atoms with van der Waals surface area (Å²) in [5.74, 6) is 0.0760. The molecule has 0 aliphatic carbocycles. The number of fused-ring (bicyclic) bond motifs is 1. The number of furan rings is 1. The van der Waals surface area contributed by atoms with Crippen LogP contribution in [0.1, 0.15) is 21.8 Å². The molecule has 1 amide bonds. The summed E-state index contributed by atoms with van der Waals surface area (Å²) >= 11 is 5.84. The van der Waals surface area contributed by atoms with E-state index in [9.17, 15) is 4.79 Å². The fourth-order valence-electron chi connectivity index (χ4n) is 2.65. The highest BCUT2D eigenvalue weighted by Crippen LogP contribution is 2.31. The first-order chi connectivity index (χ1) is 12.6. The molecular formula is C19H14ClN3O3. The van der Waals surface area contributed by atoms with Gasteiger partial charge in [0, 0.05) is 22.5 Å². The fourth-order valence-corrected chi connectivity index (χ4v) is 2.77. The molecule has 2 heterocycles. The van der Waals surface area contributed by atoms with E-state index in [1.54, 1.807) is 12.1 Å². The number of carbonyl (C=O) groups excluding carboxylic acids is 1. The predicted octanol–water partition coefficient (Wildman–Crippen LogP) is 4.37. The number of rotatable bonds is 4. The van der Waals surface area contributed by atoms with Gasteiger partial charge in [0.05, 0.1) is 0 Å². The normalized spacial score (nSPS) is 11.0. The number of nitrogens with one attached hydrogen (secondary N) is 1. The Morgan fingerprint density at radius 2 is 1.85 bits per heavy atom. The topological polar surface area (TPSA) is 81.2 Å². The molecule has 130 valence electrons. The quantitative estimate of drug-likeness (QED) is 0.579. The summed E-state index contributed by atoms with van der Waals surface area (Å²) in [5.41, 5.74) is 2.53. The number of hydrogen-bond donors (Lipinski definition) is 1. The number of hydrogen-bond acceptors (Lipinski definition) is 5. The lowest BCUT2D eigenvalue weighted by molar-refractivity contribution is 0.0916. The summed E-state index contributed by atoms with van der Waals surface area (Å²) in [4.78, 5) is 12.2. The van der Waals surface area contributed by atoms with Gasteiger partial charge in [-0.15, -0.1) is 10.2 Å². The lowest BCUT2D eigenvalue weighted by atomic mass is 10.1. The molecule has 0 fully saturated rings. The van der Waals surface area contributed by atoms with Gasteiger partial charge in [0.2, 0.25) is 0 Å². The van der Waals surface area contributed by atoms with Crippen molar-refractivity contribution in [2.45, 2.75) is 13.5 Å². The van der Waals surface area contributed by atoms with Crippen molar-refractivity contribution in [2.24, 2.45) is 0 Å². The van der Waals surface area contributed by atoms with Crippen LogP contribution in [-0.4, -0.2) is 16.1 Å². The number of nitrogens with zero attached hydrogens (tertiary/aromatic N) is 2. The van der Waals surface area contributed by atoms with E-state index in [0.717, 1.165) is 22.1 Å². The van der Waals surface area contributed by atoms with Gasteiger partial charge in [-0.2, -0.15) is 0 Å². The molecule has 0 aliphatic heterocycles. The van der Waals surface area contributed by atoms with Gasteiger partial charge in [0.15, 0.2) is 5.76 Å². The molecule has 0 unspecified atom stereocenters. The molecule has 2 aromatic heterocycles. The van der Waals surface area contributed by atoms with E-state index < -0.39 is 5.91 Å². The summed E-state index contributed by atoms with van der Waals surface area (Å²) in [6.07, 6.45) is 0. The van der Waals surface area contributed by atoms with Crippen LogP contribution in [0.2, 0.25) is 5.02 Å². The van der Waals surface area contributed by atoms with Crippen LogP contribution in [0.3, 0.4) is 0 Å². The average Bonchev–Trinajstić information content (AvgIpc) is 3.26. The minimum atomic E-state index is -0.451. The Balaban J connectivity index is 1.52. The molecule has 4 rings (SSSR count). The van der Waals surface area contributed by atoms with Crippen LogP contribution in [0.4, 0.5) is 0 Å². The van der Waals surface area contributed by atoms with Crippen LogP contribution >= 0.6 is 11.6 Å². The van der Waals surface area contributed by atoms with Crippen LogP contribution in [0.15, 0.2) is 57.4 Å². The smallest absolute Gasteiger partial charge is 0.309 e. The minimum Gasteiger partial charge on any atom is -0.451 e. The molecule has 4 aromatic rings. The molecular weight excluding hydrogens is 354 g/mol. The highest BCUT2D eigenvalue weighted by molar-refractivity contribution is 6.30. The van der Waals surface area contributed by atoms with E-state index in [1.165, 1.54) is 0 Å². The fraction of sp³-hybridized carbons (Fsp3) is 0.105. The van der Waals surface area contributed by atoms with E-state index in [0.29, 0.717) is 17.3 Å². The lowest BCUT2D eigenvalue weighted by Gasteiger charge is -2.02. The van der Waals surface area contributed by atoms with Crippen molar-refractivity contribution in [3.8, 4) is 11.7 Å². The maximum absolute atomic E-state index is 12.2. The molecule has 1 N–H and O–H groups in total. The lowest BCUT2D eigenvalue weighted by Crippen LogP contribution is -2.23. The van der Waals surface area contributed by atoms with E-state index >= 15 is 0 Å². The maximum atomic E-state index is 12.2. The van der Waals surface area contributed by atoms with Gasteiger partial charge in [-0.1, -0.05) is 41.9 Å². The zero-order chi connectivity index (χ0) is 18.1. The van der Waals surface area contributed by atoms with Crippen LogP contribution in [0, 0.1) is 6.92 Å². The third-order valence-electron chi connectivity index (χ3n) is 4.02. The molecule has 0 saturated carbocycles. The molecule has 0 aliphatic rings. The van der Waals surface area contributed by atoms with Crippen molar-refractivity contribution < 1.29 is 13.6 Å². The van der Waals surface area contributed by atoms with E-state index in [1.807, 2.05) is 43.3 Å². The Bertz CT molecular complexity index is 1080. The number of aromatic nitrogens is 2. The standard InChI is InChI=1S/C19H14ClN3O3/c1-11-14-4-2-3-5-15(14)25-16(11)18-22-23-19(26-18)17(24)21-10-12-6-8-13(20)9-7-12/h2-9H,10H2,1H3,(H,21,24). The number of para-hydroxylation sites is 1. The first-order valence-electron chi connectivity index (χ1n) is 7.96. The Morgan fingerprint density at radius 1 is 1.08 bits per heavy atom. The summed E-state index contributed by atoms with van der Waals surface area (Å²) < 4.78 is 11.3. The molecule has 26 heavy (non-hydrogen) atoms. The minimum absolute atomic E-state index is 0.117. The third kappa shape index (κ3) is 3.07. The molecule has 0 radical (unpaired) electrons. The SMILES string of the molecule is Cc1c(-c2nnc(C(=O)NCc3ccc(Cl)cc3)o2)oc2ccccc12. The Labute approximate surface area is 153 Å². The molecule has 6 nitrogen and oxygen atoms in total. The highest BCUT2D eigenvalue weighted by Gasteiger charge is 2.20. The summed E-state index contributed by atoms with van der Waals surface area (Å²) in [7, 11) is 0. The highest BCUT2D eigenvalue weighted by atomic mass is 35.5. The van der Waals surface area contributed by atoms with Gasteiger partial charge in [-0.25, -0.2) is 0 Å². The first-order valence-corrected chi connectivity index (χ1v) is 8.34. The van der Waals surface area contributed by atoms with Gasteiger partial charge in [0.25, 0.3) is 5.89 Å². The predicted molar refractivity (Wildman–Crippen MR) is 96.9 cm³/mol. The van der Waals surface area contributed by atoms with E-state index in [2.05, 4.69) is 15.5 Å². The number of amides is 1. The van der Waals surface area contributed by atoms with Crippen molar-refractivity contribution in [1.29, 1.82) is 0 Å².